The summed E-state index contributed by atoms with van der Waals surface area (Å²) in [5, 5.41) is 13.8. The fourth-order valence-electron chi connectivity index (χ4n) is 22.1. The van der Waals surface area contributed by atoms with Gasteiger partial charge in [-0.15, -0.1) is 10.2 Å². The molecule has 0 bridgehead atoms. The molecule has 14 heteroatoms. The molecule has 2 aliphatic rings. The molecule has 0 radical (unpaired) electrons. The number of hydrogen-bond donors (Lipinski definition) is 0. The van der Waals surface area contributed by atoms with Crippen LogP contribution in [-0.2, 0) is 27.5 Å². The number of carbonyl (C=O) groups excluding carboxylic acids is 1. The third-order valence-corrected chi connectivity index (χ3v) is 33.2. The van der Waals surface area contributed by atoms with Crippen LogP contribution in [-0.4, -0.2) is 27.8 Å². The molecule has 2 aromatic heterocycles. The van der Waals surface area contributed by atoms with Crippen molar-refractivity contribution >= 4 is 147 Å². The van der Waals surface area contributed by atoms with E-state index in [1.807, 2.05) is 18.2 Å². The van der Waals surface area contributed by atoms with Crippen LogP contribution in [0.2, 0.25) is 10.0 Å². The van der Waals surface area contributed by atoms with Crippen molar-refractivity contribution < 1.29 is 13.9 Å². The standard InChI is InChI=1S/C60H80Br2N2O.C29H42Br2.C22H27Cl2N.C8H6Br2O2/c1-9-17-21-41(13-5)37-59(38-42(14-6)22-18-10-2)53-33-45(25-29-49(53)51-31-27-47(61)35-55(51)59)57-63-64-58(65-57)46-26-30-50-52-32-28-48(62)36-56(52)60(54(50)34-46,39-43(15-7)23-19-11-3)40-44(16-8)24-20-12-4;1-5-9-13-23(7-3)21-29(22-24(8-4)14-10-6-2,25-15-11-17-27(30)19-25)26-16-12-18-28(31)20-26;1-15(2)5-4-6-16(3)11-12-25-21-13-17(23)7-9-19(21)20-10-8-18(24)14-22(20)25;1-12-8(11)5-2-6(9)4-7(10)3-5/h25-36,41-44H,9-24,37-40H2,1-8H3;11-12,15-20,23-24H,5-10,13-14,21-22H2,1-4H3;7-10,13-16H,4-6,11-12H2,1-3H3;2-4H,1H3. The van der Waals surface area contributed by atoms with Gasteiger partial charge in [-0.2, -0.15) is 0 Å². The van der Waals surface area contributed by atoms with Crippen molar-refractivity contribution in [3.05, 3.63) is 252 Å². The molecule has 0 saturated heterocycles. The Hall–Kier alpha value is -5.15. The molecular formula is C119H155Br6Cl2N3O3. The Morgan fingerprint density at radius 2 is 0.737 bits per heavy atom. The third kappa shape index (κ3) is 29.1. The van der Waals surface area contributed by atoms with Gasteiger partial charge in [0.1, 0.15) is 0 Å². The first-order chi connectivity index (χ1) is 64.2. The van der Waals surface area contributed by atoms with Crippen molar-refractivity contribution in [2.24, 2.45) is 47.3 Å². The molecule has 720 valence electrons. The zero-order chi connectivity index (χ0) is 95.9. The van der Waals surface area contributed by atoms with Crippen LogP contribution in [0.15, 0.2) is 207 Å². The van der Waals surface area contributed by atoms with Gasteiger partial charge in [0.25, 0.3) is 0 Å². The molecule has 2 aliphatic carbocycles. The number of fused-ring (bicyclic) bond motifs is 9. The number of halogens is 8. The number of unbranched alkanes of at least 4 members (excludes halogenated alkanes) is 6. The first-order valence-corrected chi connectivity index (χ1v) is 56.9. The Labute approximate surface area is 863 Å². The summed E-state index contributed by atoms with van der Waals surface area (Å²) in [7, 11) is 1.36. The second-order valence-electron chi connectivity index (χ2n) is 39.6. The molecule has 7 atom stereocenters. The van der Waals surface area contributed by atoms with Gasteiger partial charge < -0.3 is 13.7 Å². The Kier molecular flexibility index (Phi) is 45.1. The average Bonchev–Trinajstić information content (AvgIpc) is 1.56. The average molecular weight is 2230 g/mol. The quantitative estimate of drug-likeness (QED) is 0.0356. The molecule has 0 saturated carbocycles. The smallest absolute Gasteiger partial charge is 0.337 e. The van der Waals surface area contributed by atoms with Crippen molar-refractivity contribution in [1.29, 1.82) is 0 Å². The maximum absolute atomic E-state index is 11.1. The number of benzene rings is 9. The van der Waals surface area contributed by atoms with E-state index in [2.05, 4.69) is 354 Å². The highest BCUT2D eigenvalue weighted by Gasteiger charge is 2.48. The van der Waals surface area contributed by atoms with Gasteiger partial charge in [0.05, 0.1) is 23.7 Å². The number of rotatable bonds is 48. The molecule has 133 heavy (non-hydrogen) atoms. The first kappa shape index (κ1) is 110. The van der Waals surface area contributed by atoms with Crippen molar-refractivity contribution in [3.63, 3.8) is 0 Å². The Balaban J connectivity index is 0.000000220. The highest BCUT2D eigenvalue weighted by atomic mass is 79.9. The van der Waals surface area contributed by atoms with Crippen LogP contribution in [0.5, 0.6) is 0 Å². The number of ether oxygens (including phenoxy) is 1. The maximum atomic E-state index is 11.1. The van der Waals surface area contributed by atoms with Gasteiger partial charge in [-0.1, -0.05) is 457 Å². The van der Waals surface area contributed by atoms with E-state index in [9.17, 15) is 4.79 Å². The summed E-state index contributed by atoms with van der Waals surface area (Å²) < 4.78 is 20.3. The summed E-state index contributed by atoms with van der Waals surface area (Å²) in [4.78, 5) is 11.1. The fraction of sp³-hybridized carbons (Fsp3) is 0.521. The van der Waals surface area contributed by atoms with Crippen molar-refractivity contribution in [2.75, 3.05) is 7.11 Å². The molecule has 0 N–H and O–H groups in total. The van der Waals surface area contributed by atoms with Crippen molar-refractivity contribution in [2.45, 2.75) is 345 Å². The van der Waals surface area contributed by atoms with Crippen LogP contribution in [0.25, 0.3) is 67.0 Å². The van der Waals surface area contributed by atoms with Gasteiger partial charge in [0, 0.05) is 81.6 Å². The lowest BCUT2D eigenvalue weighted by atomic mass is 9.63. The van der Waals surface area contributed by atoms with Gasteiger partial charge in [0.2, 0.25) is 11.8 Å². The molecule has 11 aromatic rings. The molecule has 0 fully saturated rings. The maximum Gasteiger partial charge on any atom is 0.337 e. The van der Waals surface area contributed by atoms with E-state index in [1.165, 1.54) is 321 Å². The van der Waals surface area contributed by atoms with Gasteiger partial charge >= 0.3 is 5.97 Å². The van der Waals surface area contributed by atoms with Crippen LogP contribution in [0.4, 0.5) is 0 Å². The van der Waals surface area contributed by atoms with Crippen LogP contribution < -0.4 is 0 Å². The van der Waals surface area contributed by atoms with E-state index in [1.54, 1.807) is 12.1 Å². The number of aromatic nitrogens is 3. The molecular weight excluding hydrogens is 2070 g/mol. The van der Waals surface area contributed by atoms with Gasteiger partial charge in [0.15, 0.2) is 0 Å². The molecule has 9 aromatic carbocycles. The lowest BCUT2D eigenvalue weighted by molar-refractivity contribution is 0.0600. The second-order valence-corrected chi connectivity index (χ2v) is 46.0. The van der Waals surface area contributed by atoms with E-state index in [0.29, 0.717) is 41.0 Å². The summed E-state index contributed by atoms with van der Waals surface area (Å²) in [5.74, 6) is 6.56. The number of esters is 1. The Bertz CT molecular complexity index is 5120. The normalized spacial score (nSPS) is 15.9. The zero-order valence-corrected chi connectivity index (χ0v) is 94.2. The minimum atomic E-state index is -0.336. The highest BCUT2D eigenvalue weighted by Crippen LogP contribution is 2.60. The minimum absolute atomic E-state index is 0.0520. The molecule has 13 rings (SSSR count). The van der Waals surface area contributed by atoms with E-state index < -0.39 is 0 Å². The number of hydrogen-bond acceptors (Lipinski definition) is 5. The summed E-state index contributed by atoms with van der Waals surface area (Å²) in [5.41, 5.74) is 19.3. The predicted octanol–water partition coefficient (Wildman–Crippen LogP) is 41.6. The number of methoxy groups -OCH3 is 1. The molecule has 7 unspecified atom stereocenters. The zero-order valence-electron chi connectivity index (χ0n) is 83.2. The van der Waals surface area contributed by atoms with Crippen LogP contribution in [0, 0.1) is 47.3 Å². The van der Waals surface area contributed by atoms with Gasteiger partial charge in [-0.3, -0.25) is 0 Å². The number of carbonyl (C=O) groups is 1. The van der Waals surface area contributed by atoms with Crippen LogP contribution in [0.3, 0.4) is 0 Å². The predicted molar refractivity (Wildman–Crippen MR) is 595 cm³/mol. The highest BCUT2D eigenvalue weighted by molar-refractivity contribution is 9.11. The van der Waals surface area contributed by atoms with Crippen molar-refractivity contribution in [3.8, 4) is 45.2 Å². The van der Waals surface area contributed by atoms with E-state index in [-0.39, 0.29) is 22.2 Å². The molecule has 0 aliphatic heterocycles. The molecule has 0 spiro atoms. The Morgan fingerprint density at radius 1 is 0.383 bits per heavy atom. The monoisotopic (exact) mass is 2220 g/mol. The second kappa shape index (κ2) is 54.6. The SMILES string of the molecule is CC(C)CCCC(C)CCn1c2cc(Cl)ccc2c2ccc(Cl)cc21.CCCCC(CC)CC(CC(CC)CCCC)(c1cccc(Br)c1)c1cccc(Br)c1.CCCCC(CC)CC1(CC(CC)CCCC)c2cc(Br)ccc2-c2ccc(-c3nnc(-c4ccc5c(c4)C(CC(CC)CCCC)(CC(CC)CCCC)c4cc(Br)ccc4-5)o3)cc21.COC(=O)c1cc(Br)cc(Br)c1. The third-order valence-electron chi connectivity index (χ3n) is 29.8. The lowest BCUT2D eigenvalue weighted by Crippen LogP contribution is -2.33. The van der Waals surface area contributed by atoms with Crippen LogP contribution in [0.1, 0.15) is 366 Å². The minimum Gasteiger partial charge on any atom is -0.465 e. The molecule has 0 amide bonds. The molecule has 6 nitrogen and oxygen atoms in total. The van der Waals surface area contributed by atoms with Crippen LogP contribution >= 0.6 is 119 Å². The van der Waals surface area contributed by atoms with E-state index >= 15 is 0 Å². The topological polar surface area (TPSA) is 70.2 Å². The largest absolute Gasteiger partial charge is 0.465 e. The van der Waals surface area contributed by atoms with Gasteiger partial charge in [-0.25, -0.2) is 4.79 Å². The van der Waals surface area contributed by atoms with Gasteiger partial charge in [-0.05, 0) is 263 Å². The summed E-state index contributed by atoms with van der Waals surface area (Å²) in [6, 6.07) is 64.2. The fourth-order valence-corrected chi connectivity index (χ4v) is 25.2. The summed E-state index contributed by atoms with van der Waals surface area (Å²) in [6.45, 7) is 36.4. The van der Waals surface area contributed by atoms with E-state index in [0.717, 1.165) is 60.3 Å². The van der Waals surface area contributed by atoms with Crippen molar-refractivity contribution in [1.82, 2.24) is 14.8 Å². The number of aryl methyl sites for hydroxylation is 1. The summed E-state index contributed by atoms with van der Waals surface area (Å²) in [6.07, 6.45) is 42.8. The lowest BCUT2D eigenvalue weighted by Gasteiger charge is -2.41. The number of nitrogens with zero attached hydrogens (tertiary/aromatic N) is 3. The first-order valence-electron chi connectivity index (χ1n) is 51.4. The summed E-state index contributed by atoms with van der Waals surface area (Å²) >= 11 is 34.5. The molecule has 2 heterocycles. The Morgan fingerprint density at radius 3 is 1.08 bits per heavy atom. The van der Waals surface area contributed by atoms with E-state index in [4.69, 9.17) is 37.8 Å².